The molecule has 4 heterocycles. The molecule has 0 amide bonds. The van der Waals surface area contributed by atoms with Crippen molar-refractivity contribution in [1.29, 1.82) is 0 Å². The number of benzene rings is 3. The van der Waals surface area contributed by atoms with Crippen molar-refractivity contribution in [2.75, 3.05) is 9.80 Å². The fourth-order valence-electron chi connectivity index (χ4n) is 5.54. The maximum atomic E-state index is 5.20. The Balaban J connectivity index is 1.59. The maximum Gasteiger partial charge on any atom is 0.202 e. The molecule has 0 atom stereocenters. The summed E-state index contributed by atoms with van der Waals surface area (Å²) in [5.74, 6) is 2.99. The molecule has 3 aromatic carbocycles. The number of anilines is 4. The van der Waals surface area contributed by atoms with Crippen LogP contribution in [0.1, 0.15) is 22.3 Å². The molecular formula is C32H26N8. The van der Waals surface area contributed by atoms with Gasteiger partial charge < -0.3 is 0 Å². The third-order valence-corrected chi connectivity index (χ3v) is 7.36. The lowest BCUT2D eigenvalue weighted by Gasteiger charge is -2.28. The van der Waals surface area contributed by atoms with Crippen molar-refractivity contribution < 1.29 is 0 Å². The highest BCUT2D eigenvalue weighted by Gasteiger charge is 2.38. The summed E-state index contributed by atoms with van der Waals surface area (Å²) in [6, 6.07) is 20.7. The van der Waals surface area contributed by atoms with Crippen LogP contribution in [0.25, 0.3) is 17.1 Å². The monoisotopic (exact) mass is 522 g/mol. The molecule has 0 saturated carbocycles. The van der Waals surface area contributed by atoms with Gasteiger partial charge in [-0.1, -0.05) is 48.5 Å². The summed E-state index contributed by atoms with van der Waals surface area (Å²) < 4.78 is 0. The quantitative estimate of drug-likeness (QED) is 0.309. The zero-order valence-electron chi connectivity index (χ0n) is 22.7. The number of aryl methyl sites for hydroxylation is 4. The number of allylic oxidation sites excluding steroid dienone is 1. The van der Waals surface area contributed by atoms with Gasteiger partial charge in [0.15, 0.2) is 11.6 Å². The van der Waals surface area contributed by atoms with Crippen LogP contribution in [0.3, 0.4) is 0 Å². The van der Waals surface area contributed by atoms with Crippen LogP contribution in [0.5, 0.6) is 0 Å². The van der Waals surface area contributed by atoms with Gasteiger partial charge in [0.25, 0.3) is 0 Å². The van der Waals surface area contributed by atoms with Crippen molar-refractivity contribution in [3.8, 4) is 0 Å². The molecule has 7 rings (SSSR count). The van der Waals surface area contributed by atoms with Gasteiger partial charge in [-0.25, -0.2) is 20.0 Å². The molecule has 0 unspecified atom stereocenters. The summed E-state index contributed by atoms with van der Waals surface area (Å²) in [6.45, 7) is 8.54. The maximum absolute atomic E-state index is 5.20. The van der Waals surface area contributed by atoms with Crippen molar-refractivity contribution >= 4 is 52.3 Å². The van der Waals surface area contributed by atoms with Crippen molar-refractivity contribution in [1.82, 2.24) is 20.2 Å². The second kappa shape index (κ2) is 9.20. The number of para-hydroxylation sites is 4. The van der Waals surface area contributed by atoms with E-state index >= 15 is 0 Å². The van der Waals surface area contributed by atoms with Crippen LogP contribution < -0.4 is 20.4 Å². The fourth-order valence-corrected chi connectivity index (χ4v) is 5.54. The fraction of sp³-hybridized carbons (Fsp3) is 0.125. The summed E-state index contributed by atoms with van der Waals surface area (Å²) >= 11 is 0. The van der Waals surface area contributed by atoms with Gasteiger partial charge >= 0.3 is 0 Å². The molecule has 2 aliphatic heterocycles. The van der Waals surface area contributed by atoms with Crippen LogP contribution >= 0.6 is 0 Å². The molecule has 0 bridgehead atoms. The minimum absolute atomic E-state index is 0.523. The third kappa shape index (κ3) is 3.68. The lowest BCUT2D eigenvalue weighted by Crippen LogP contribution is -2.27. The molecule has 0 N–H and O–H groups in total. The zero-order chi connectivity index (χ0) is 27.4. The van der Waals surface area contributed by atoms with Crippen LogP contribution in [0.2, 0.25) is 0 Å². The van der Waals surface area contributed by atoms with Crippen LogP contribution in [0.4, 0.5) is 28.8 Å². The average Bonchev–Trinajstić information content (AvgIpc) is 3.54. The molecule has 5 aromatic rings. The van der Waals surface area contributed by atoms with E-state index in [9.17, 15) is 0 Å². The van der Waals surface area contributed by atoms with Crippen LogP contribution in [-0.4, -0.2) is 26.5 Å². The number of aliphatic imine (C=N–C) groups is 1. The zero-order valence-corrected chi connectivity index (χ0v) is 22.7. The molecular weight excluding hydrogens is 496 g/mol. The second-order valence-electron chi connectivity index (χ2n) is 10.0. The Labute approximate surface area is 231 Å². The highest BCUT2D eigenvalue weighted by Crippen LogP contribution is 2.51. The Bertz CT molecular complexity index is 1890. The Morgan fingerprint density at radius 2 is 1.20 bits per heavy atom. The Morgan fingerprint density at radius 1 is 0.650 bits per heavy atom. The van der Waals surface area contributed by atoms with E-state index in [0.717, 1.165) is 67.3 Å². The standard InChI is InChI=1S/C32H26N8/c1-19-9-7-10-20(2)28(19)39-26(16-15-23-17-35-38-30-27(23)33-18-34-30)40(29-21(3)11-8-12-22(29)4)32-31(39)36-24-13-5-6-14-25(24)37-32/h5-18H,1-4H3/b23-15-. The first kappa shape index (κ1) is 23.8. The largest absolute Gasteiger partial charge is 0.276 e. The summed E-state index contributed by atoms with van der Waals surface area (Å²) in [4.78, 5) is 23.5. The molecule has 194 valence electrons. The molecule has 2 aromatic heterocycles. The van der Waals surface area contributed by atoms with Gasteiger partial charge in [-0.15, -0.1) is 5.10 Å². The Morgan fingerprint density at radius 3 is 1.75 bits per heavy atom. The second-order valence-corrected chi connectivity index (χ2v) is 10.0. The Hall–Kier alpha value is -5.24. The molecule has 0 saturated heterocycles. The van der Waals surface area contributed by atoms with Gasteiger partial charge in [0.2, 0.25) is 5.82 Å². The first-order valence-electron chi connectivity index (χ1n) is 13.1. The number of fused-ring (bicyclic) bond motifs is 3. The number of rotatable bonds is 3. The van der Waals surface area contributed by atoms with Crippen LogP contribution in [0.15, 0.2) is 88.7 Å². The third-order valence-electron chi connectivity index (χ3n) is 7.36. The van der Waals surface area contributed by atoms with Crippen LogP contribution in [0, 0.1) is 27.7 Å². The predicted octanol–water partition coefficient (Wildman–Crippen LogP) is 5.56. The number of hydrogen-bond acceptors (Lipinski definition) is 8. The molecule has 40 heavy (non-hydrogen) atoms. The minimum atomic E-state index is 0.523. The Kier molecular flexibility index (Phi) is 5.48. The lowest BCUT2D eigenvalue weighted by atomic mass is 10.1. The van der Waals surface area contributed by atoms with Crippen LogP contribution in [-0.2, 0) is 0 Å². The van der Waals surface area contributed by atoms with Gasteiger partial charge in [0, 0.05) is 5.22 Å². The summed E-state index contributed by atoms with van der Waals surface area (Å²) in [5, 5.41) is 9.81. The molecule has 0 spiro atoms. The van der Waals surface area contributed by atoms with E-state index < -0.39 is 0 Å². The van der Waals surface area contributed by atoms with E-state index in [-0.39, 0.29) is 0 Å². The first-order chi connectivity index (χ1) is 19.5. The molecule has 8 heteroatoms. The molecule has 2 aliphatic rings. The normalized spacial score (nSPS) is 14.1. The summed E-state index contributed by atoms with van der Waals surface area (Å²) in [6.07, 6.45) is 7.35. The van der Waals surface area contributed by atoms with Gasteiger partial charge in [-0.2, -0.15) is 5.10 Å². The summed E-state index contributed by atoms with van der Waals surface area (Å²) in [5.41, 5.74) is 8.42. The lowest BCUT2D eigenvalue weighted by molar-refractivity contribution is 1.000. The number of hydrogen-bond donors (Lipinski definition) is 0. The highest BCUT2D eigenvalue weighted by molar-refractivity contribution is 5.95. The van der Waals surface area contributed by atoms with E-state index in [1.54, 1.807) is 6.20 Å². The van der Waals surface area contributed by atoms with E-state index in [1.807, 2.05) is 30.3 Å². The molecule has 0 aliphatic carbocycles. The smallest absolute Gasteiger partial charge is 0.202 e. The number of aromatic nitrogens is 4. The molecule has 0 fully saturated rings. The van der Waals surface area contributed by atoms with E-state index in [2.05, 4.69) is 100 Å². The van der Waals surface area contributed by atoms with Gasteiger partial charge in [0.05, 0.1) is 28.6 Å². The van der Waals surface area contributed by atoms with Gasteiger partial charge in [-0.3, -0.25) is 9.80 Å². The van der Waals surface area contributed by atoms with Gasteiger partial charge in [-0.05, 0) is 74.2 Å². The first-order valence-corrected chi connectivity index (χ1v) is 13.1. The highest BCUT2D eigenvalue weighted by atomic mass is 15.5. The molecule has 0 radical (unpaired) electrons. The van der Waals surface area contributed by atoms with E-state index in [4.69, 9.17) is 9.97 Å². The van der Waals surface area contributed by atoms with E-state index in [1.165, 1.54) is 6.34 Å². The topological polar surface area (TPSA) is 82.8 Å². The van der Waals surface area contributed by atoms with Crippen molar-refractivity contribution in [3.63, 3.8) is 0 Å². The predicted molar refractivity (Wildman–Crippen MR) is 159 cm³/mol. The SMILES string of the molecule is Cc1cccc(C)c1N1C(=C/C=c2/cnnc3c2=NC=N3)N(c2c(C)cccc2C)c2nc3ccccc3nc21. The average molecular weight is 523 g/mol. The van der Waals surface area contributed by atoms with Crippen molar-refractivity contribution in [2.45, 2.75) is 27.7 Å². The van der Waals surface area contributed by atoms with Gasteiger partial charge in [0.1, 0.15) is 17.5 Å². The number of nitrogens with zero attached hydrogens (tertiary/aromatic N) is 8. The van der Waals surface area contributed by atoms with E-state index in [0.29, 0.717) is 11.2 Å². The minimum Gasteiger partial charge on any atom is -0.276 e. The summed E-state index contributed by atoms with van der Waals surface area (Å²) in [7, 11) is 0. The molecule has 8 nitrogen and oxygen atoms in total. The van der Waals surface area contributed by atoms with Crippen molar-refractivity contribution in [2.24, 2.45) is 9.98 Å². The van der Waals surface area contributed by atoms with Crippen molar-refractivity contribution in [3.05, 3.63) is 112 Å².